The average Bonchev–Trinajstić information content (AvgIpc) is 3.77. The molecule has 1 atom stereocenters. The molecule has 69 heavy (non-hydrogen) atoms. The highest BCUT2D eigenvalue weighted by molar-refractivity contribution is 6.25. The number of hydrogen-bond acceptors (Lipinski definition) is 1. The van der Waals surface area contributed by atoms with E-state index in [9.17, 15) is 0 Å². The molecule has 1 heterocycles. The predicted molar refractivity (Wildman–Crippen MR) is 295 cm³/mol. The number of nitrogens with zero attached hydrogens (tertiary/aromatic N) is 2. The van der Waals surface area contributed by atoms with E-state index in [4.69, 9.17) is 0 Å². The smallest absolute Gasteiger partial charge is 0.0547 e. The molecule has 0 radical (unpaired) electrons. The Kier molecular flexibility index (Phi) is 9.73. The Bertz CT molecular complexity index is 3990. The zero-order valence-corrected chi connectivity index (χ0v) is 38.4. The first-order valence-electron chi connectivity index (χ1n) is 24.0. The molecule has 0 spiro atoms. The van der Waals surface area contributed by atoms with Crippen LogP contribution in [0.1, 0.15) is 18.9 Å². The standard InChI is InChI=1S/C67H48N2/c1-67(39-13-4-14-40-67)54-42-53(46-17-5-2-6-18-46)44-58(45-54)68(56-35-31-47(32-36-56)50-33-37-60-52(41-50)30-29-48-19-9-11-25-59(48)60)57-24-15-21-51(43-57)62-27-16-28-63-66(62)65-61-26-12-10-20-49(61)34-38-64(65)69(63)55-22-7-3-8-23-55/h2-39,41-45H,40H2,1H3. The van der Waals surface area contributed by atoms with E-state index in [0.29, 0.717) is 0 Å². The molecule has 11 aromatic carbocycles. The molecule has 2 heteroatoms. The number of aromatic nitrogens is 1. The predicted octanol–water partition coefficient (Wildman–Crippen LogP) is 18.5. The van der Waals surface area contributed by atoms with Crippen molar-refractivity contribution in [3.05, 3.63) is 266 Å². The highest BCUT2D eigenvalue weighted by Crippen LogP contribution is 2.46. The van der Waals surface area contributed by atoms with Gasteiger partial charge in [0.15, 0.2) is 0 Å². The molecule has 0 fully saturated rings. The van der Waals surface area contributed by atoms with Crippen molar-refractivity contribution in [3.8, 4) is 39.1 Å². The molecule has 1 aromatic heterocycles. The van der Waals surface area contributed by atoms with Gasteiger partial charge in [0.2, 0.25) is 0 Å². The van der Waals surface area contributed by atoms with E-state index < -0.39 is 0 Å². The summed E-state index contributed by atoms with van der Waals surface area (Å²) in [4.78, 5) is 2.46. The van der Waals surface area contributed by atoms with E-state index in [1.807, 2.05) is 0 Å². The number of anilines is 3. The fourth-order valence-corrected chi connectivity index (χ4v) is 11.0. The second-order valence-corrected chi connectivity index (χ2v) is 18.8. The number of allylic oxidation sites excluding steroid dienone is 4. The van der Waals surface area contributed by atoms with Crippen molar-refractivity contribution in [2.75, 3.05) is 4.90 Å². The molecular formula is C67H48N2. The topological polar surface area (TPSA) is 8.17 Å². The normalized spacial score (nSPS) is 14.6. The van der Waals surface area contributed by atoms with Crippen LogP contribution in [0.25, 0.3) is 93.2 Å². The third kappa shape index (κ3) is 7.03. The SMILES string of the molecule is CC1(c2cc(-c3ccccc3)cc(N(c3ccc(-c4ccc5c(ccc6ccccc65)c4)cc3)c3cccc(-c4cccc5c4c4c6ccccc6ccc4n5-c4ccccc4)c3)c2)C=CC=CC1. The molecule has 1 unspecified atom stereocenters. The number of benzene rings is 11. The first-order valence-corrected chi connectivity index (χ1v) is 24.0. The lowest BCUT2D eigenvalue weighted by atomic mass is 9.76. The van der Waals surface area contributed by atoms with Crippen LogP contribution in [0, 0.1) is 0 Å². The summed E-state index contributed by atoms with van der Waals surface area (Å²) in [5.74, 6) is 0. The summed E-state index contributed by atoms with van der Waals surface area (Å²) >= 11 is 0. The van der Waals surface area contributed by atoms with Crippen LogP contribution in [-0.4, -0.2) is 4.57 Å². The molecule has 12 aromatic rings. The van der Waals surface area contributed by atoms with Crippen molar-refractivity contribution in [3.63, 3.8) is 0 Å². The van der Waals surface area contributed by atoms with Gasteiger partial charge >= 0.3 is 0 Å². The Morgan fingerprint density at radius 2 is 1.03 bits per heavy atom. The maximum absolute atomic E-state index is 2.46. The lowest BCUT2D eigenvalue weighted by Gasteiger charge is -2.32. The van der Waals surface area contributed by atoms with Gasteiger partial charge in [-0.2, -0.15) is 0 Å². The van der Waals surface area contributed by atoms with Gasteiger partial charge in [-0.05, 0) is 144 Å². The zero-order valence-electron chi connectivity index (χ0n) is 38.4. The Hall–Kier alpha value is -8.72. The average molecular weight is 881 g/mol. The number of fused-ring (bicyclic) bond motifs is 8. The van der Waals surface area contributed by atoms with Gasteiger partial charge in [-0.25, -0.2) is 0 Å². The Morgan fingerprint density at radius 1 is 0.391 bits per heavy atom. The summed E-state index contributed by atoms with van der Waals surface area (Å²) < 4.78 is 2.43. The van der Waals surface area contributed by atoms with Gasteiger partial charge in [0, 0.05) is 38.9 Å². The van der Waals surface area contributed by atoms with E-state index in [1.54, 1.807) is 0 Å². The van der Waals surface area contributed by atoms with Crippen LogP contribution in [0.2, 0.25) is 0 Å². The quantitative estimate of drug-likeness (QED) is 0.138. The lowest BCUT2D eigenvalue weighted by molar-refractivity contribution is 0.600. The molecule has 0 aliphatic heterocycles. The van der Waals surface area contributed by atoms with Gasteiger partial charge < -0.3 is 9.47 Å². The molecule has 1 aliphatic carbocycles. The summed E-state index contributed by atoms with van der Waals surface area (Å²) in [6.45, 7) is 2.36. The van der Waals surface area contributed by atoms with Crippen molar-refractivity contribution >= 4 is 71.2 Å². The molecule has 2 nitrogen and oxygen atoms in total. The minimum Gasteiger partial charge on any atom is -0.310 e. The molecule has 0 N–H and O–H groups in total. The number of para-hydroxylation sites is 1. The second kappa shape index (κ2) is 16.6. The van der Waals surface area contributed by atoms with E-state index in [-0.39, 0.29) is 5.41 Å². The van der Waals surface area contributed by atoms with Gasteiger partial charge in [0.25, 0.3) is 0 Å². The third-order valence-corrected chi connectivity index (χ3v) is 14.5. The molecule has 1 aliphatic rings. The van der Waals surface area contributed by atoms with Gasteiger partial charge in [-0.3, -0.25) is 0 Å². The van der Waals surface area contributed by atoms with Crippen LogP contribution in [0.15, 0.2) is 261 Å². The van der Waals surface area contributed by atoms with Crippen LogP contribution in [0.4, 0.5) is 17.1 Å². The van der Waals surface area contributed by atoms with Crippen LogP contribution < -0.4 is 4.90 Å². The highest BCUT2D eigenvalue weighted by atomic mass is 15.1. The first kappa shape index (κ1) is 40.5. The monoisotopic (exact) mass is 880 g/mol. The van der Waals surface area contributed by atoms with Crippen LogP contribution in [0.3, 0.4) is 0 Å². The second-order valence-electron chi connectivity index (χ2n) is 18.8. The van der Waals surface area contributed by atoms with E-state index in [1.165, 1.54) is 87.5 Å². The first-order chi connectivity index (χ1) is 34.1. The van der Waals surface area contributed by atoms with Crippen molar-refractivity contribution in [2.24, 2.45) is 0 Å². The summed E-state index contributed by atoms with van der Waals surface area (Å²) in [5, 5.41) is 10.1. The van der Waals surface area contributed by atoms with E-state index in [2.05, 4.69) is 277 Å². The van der Waals surface area contributed by atoms with Gasteiger partial charge in [0.05, 0.1) is 11.0 Å². The van der Waals surface area contributed by atoms with Gasteiger partial charge in [0.1, 0.15) is 0 Å². The molecular weight excluding hydrogens is 833 g/mol. The largest absolute Gasteiger partial charge is 0.310 e. The lowest BCUT2D eigenvalue weighted by Crippen LogP contribution is -2.20. The highest BCUT2D eigenvalue weighted by Gasteiger charge is 2.27. The van der Waals surface area contributed by atoms with Crippen molar-refractivity contribution < 1.29 is 0 Å². The van der Waals surface area contributed by atoms with Crippen LogP contribution in [0.5, 0.6) is 0 Å². The maximum Gasteiger partial charge on any atom is 0.0547 e. The maximum atomic E-state index is 2.46. The Labute approximate surface area is 403 Å². The molecule has 0 saturated heterocycles. The third-order valence-electron chi connectivity index (χ3n) is 14.5. The molecule has 0 bridgehead atoms. The minimum atomic E-state index is -0.168. The number of rotatable bonds is 8. The number of hydrogen-bond donors (Lipinski definition) is 0. The van der Waals surface area contributed by atoms with Crippen LogP contribution in [-0.2, 0) is 5.41 Å². The zero-order chi connectivity index (χ0) is 45.9. The van der Waals surface area contributed by atoms with E-state index in [0.717, 1.165) is 34.7 Å². The van der Waals surface area contributed by atoms with Crippen molar-refractivity contribution in [1.29, 1.82) is 0 Å². The summed E-state index contributed by atoms with van der Waals surface area (Å²) in [6.07, 6.45) is 9.96. The fourth-order valence-electron chi connectivity index (χ4n) is 11.0. The van der Waals surface area contributed by atoms with Crippen molar-refractivity contribution in [2.45, 2.75) is 18.8 Å². The van der Waals surface area contributed by atoms with Gasteiger partial charge in [-0.15, -0.1) is 0 Å². The summed E-state index contributed by atoms with van der Waals surface area (Å²) in [5.41, 5.74) is 15.1. The summed E-state index contributed by atoms with van der Waals surface area (Å²) in [7, 11) is 0. The summed E-state index contributed by atoms with van der Waals surface area (Å²) in [6, 6.07) is 87.4. The molecule has 0 amide bonds. The van der Waals surface area contributed by atoms with Crippen LogP contribution >= 0.6 is 0 Å². The fraction of sp³-hybridized carbons (Fsp3) is 0.0448. The molecule has 0 saturated carbocycles. The minimum absolute atomic E-state index is 0.168. The van der Waals surface area contributed by atoms with Crippen molar-refractivity contribution in [1.82, 2.24) is 4.57 Å². The molecule has 326 valence electrons. The Morgan fingerprint density at radius 3 is 1.84 bits per heavy atom. The van der Waals surface area contributed by atoms with E-state index >= 15 is 0 Å². The van der Waals surface area contributed by atoms with Gasteiger partial charge in [-0.1, -0.05) is 201 Å². The Balaban J connectivity index is 1.01. The molecule has 13 rings (SSSR count).